The first kappa shape index (κ1) is 18.6. The molecule has 0 fully saturated rings. The van der Waals surface area contributed by atoms with Crippen molar-refractivity contribution in [3.8, 4) is 0 Å². The Labute approximate surface area is 156 Å². The lowest BCUT2D eigenvalue weighted by Gasteiger charge is -2.17. The zero-order valence-corrected chi connectivity index (χ0v) is 15.5. The lowest BCUT2D eigenvalue weighted by atomic mass is 10.1. The summed E-state index contributed by atoms with van der Waals surface area (Å²) < 4.78 is 19.3. The molecule has 3 aromatic rings. The maximum Gasteiger partial charge on any atom is 0.290 e. The van der Waals surface area contributed by atoms with Crippen molar-refractivity contribution in [3.05, 3.63) is 65.2 Å². The maximum atomic E-state index is 13.9. The highest BCUT2D eigenvalue weighted by Gasteiger charge is 2.23. The number of halogens is 1. The third kappa shape index (κ3) is 3.69. The monoisotopic (exact) mass is 368 g/mol. The number of nitrogens with one attached hydrogen (secondary N) is 1. The van der Waals surface area contributed by atoms with Crippen LogP contribution in [-0.4, -0.2) is 30.3 Å². The Morgan fingerprint density at radius 1 is 1.15 bits per heavy atom. The van der Waals surface area contributed by atoms with Crippen LogP contribution in [0.3, 0.4) is 0 Å². The van der Waals surface area contributed by atoms with Gasteiger partial charge in [-0.1, -0.05) is 37.3 Å². The van der Waals surface area contributed by atoms with E-state index in [1.807, 2.05) is 31.2 Å². The highest BCUT2D eigenvalue weighted by atomic mass is 19.1. The Bertz CT molecular complexity index is 1010. The number of likely N-dealkylation sites (N-methyl/N-ethyl adjacent to an activating group) is 1. The standard InChI is InChI=1S/C21H21FN2O3/c1-4-14-8-5-6-11-17(14)23-18(25)12-24(3)21(26)19-13(2)15-9-7-10-16(22)20(15)27-19/h5-11H,4,12H2,1-3H3,(H,23,25). The lowest BCUT2D eigenvalue weighted by Crippen LogP contribution is -2.35. The van der Waals surface area contributed by atoms with Crippen LogP contribution < -0.4 is 5.32 Å². The summed E-state index contributed by atoms with van der Waals surface area (Å²) in [5, 5.41) is 3.37. The topological polar surface area (TPSA) is 62.6 Å². The summed E-state index contributed by atoms with van der Waals surface area (Å²) in [5.74, 6) is -1.26. The highest BCUT2D eigenvalue weighted by Crippen LogP contribution is 2.28. The number of nitrogens with zero attached hydrogens (tertiary/aromatic N) is 1. The van der Waals surface area contributed by atoms with Crippen LogP contribution in [0.4, 0.5) is 10.1 Å². The summed E-state index contributed by atoms with van der Waals surface area (Å²) in [6.07, 6.45) is 0.787. The second-order valence-corrected chi connectivity index (χ2v) is 6.39. The molecule has 1 aromatic heterocycles. The smallest absolute Gasteiger partial charge is 0.290 e. The summed E-state index contributed by atoms with van der Waals surface area (Å²) in [7, 11) is 1.51. The van der Waals surface area contributed by atoms with Gasteiger partial charge in [0.1, 0.15) is 0 Å². The zero-order chi connectivity index (χ0) is 19.6. The molecule has 0 aliphatic rings. The molecule has 5 nitrogen and oxygen atoms in total. The van der Waals surface area contributed by atoms with Crippen molar-refractivity contribution in [1.82, 2.24) is 4.90 Å². The molecule has 0 bridgehead atoms. The Hall–Kier alpha value is -3.15. The number of benzene rings is 2. The summed E-state index contributed by atoms with van der Waals surface area (Å²) in [6.45, 7) is 3.56. The van der Waals surface area contributed by atoms with E-state index in [9.17, 15) is 14.0 Å². The number of para-hydroxylation sites is 2. The molecule has 1 heterocycles. The summed E-state index contributed by atoms with van der Waals surface area (Å²) >= 11 is 0. The van der Waals surface area contributed by atoms with Gasteiger partial charge in [0, 0.05) is 23.7 Å². The summed E-state index contributed by atoms with van der Waals surface area (Å²) in [6, 6.07) is 12.1. The SMILES string of the molecule is CCc1ccccc1NC(=O)CN(C)C(=O)c1oc2c(F)cccc2c1C. The van der Waals surface area contributed by atoms with Crippen molar-refractivity contribution in [3.63, 3.8) is 0 Å². The number of carbonyl (C=O) groups excluding carboxylic acids is 2. The van der Waals surface area contributed by atoms with E-state index in [0.29, 0.717) is 10.9 Å². The molecule has 140 valence electrons. The van der Waals surface area contributed by atoms with Crippen molar-refractivity contribution in [2.24, 2.45) is 0 Å². The van der Waals surface area contributed by atoms with Gasteiger partial charge in [-0.2, -0.15) is 0 Å². The number of furan rings is 1. The zero-order valence-electron chi connectivity index (χ0n) is 15.5. The quantitative estimate of drug-likeness (QED) is 0.736. The second kappa shape index (κ2) is 7.61. The Morgan fingerprint density at radius 3 is 2.59 bits per heavy atom. The predicted molar refractivity (Wildman–Crippen MR) is 102 cm³/mol. The van der Waals surface area contributed by atoms with E-state index in [2.05, 4.69) is 5.32 Å². The van der Waals surface area contributed by atoms with Crippen LogP contribution in [0.25, 0.3) is 11.0 Å². The van der Waals surface area contributed by atoms with Crippen molar-refractivity contribution in [2.75, 3.05) is 18.9 Å². The first-order valence-corrected chi connectivity index (χ1v) is 8.73. The van der Waals surface area contributed by atoms with Crippen LogP contribution in [0, 0.1) is 12.7 Å². The average molecular weight is 368 g/mol. The first-order chi connectivity index (χ1) is 12.9. The number of aryl methyl sites for hydroxylation is 2. The average Bonchev–Trinajstić information content (AvgIpc) is 2.99. The van der Waals surface area contributed by atoms with Crippen LogP contribution in [0.15, 0.2) is 46.9 Å². The fourth-order valence-electron chi connectivity index (χ4n) is 3.01. The highest BCUT2D eigenvalue weighted by molar-refractivity contribution is 6.01. The van der Waals surface area contributed by atoms with Gasteiger partial charge in [-0.3, -0.25) is 9.59 Å². The molecule has 6 heteroatoms. The van der Waals surface area contributed by atoms with E-state index < -0.39 is 11.7 Å². The molecule has 0 aliphatic carbocycles. The van der Waals surface area contributed by atoms with Crippen LogP contribution in [0.5, 0.6) is 0 Å². The van der Waals surface area contributed by atoms with Gasteiger partial charge in [-0.05, 0) is 31.0 Å². The van der Waals surface area contributed by atoms with E-state index in [0.717, 1.165) is 17.7 Å². The van der Waals surface area contributed by atoms with Gasteiger partial charge in [0.05, 0.1) is 6.54 Å². The van der Waals surface area contributed by atoms with Gasteiger partial charge in [0.15, 0.2) is 17.2 Å². The summed E-state index contributed by atoms with van der Waals surface area (Å²) in [4.78, 5) is 26.3. The Morgan fingerprint density at radius 2 is 1.89 bits per heavy atom. The molecule has 0 saturated carbocycles. The van der Waals surface area contributed by atoms with E-state index >= 15 is 0 Å². The van der Waals surface area contributed by atoms with Gasteiger partial charge >= 0.3 is 0 Å². The number of hydrogen-bond acceptors (Lipinski definition) is 3. The molecular weight excluding hydrogens is 347 g/mol. The Balaban J connectivity index is 1.75. The van der Waals surface area contributed by atoms with Crippen molar-refractivity contribution in [2.45, 2.75) is 20.3 Å². The lowest BCUT2D eigenvalue weighted by molar-refractivity contribution is -0.116. The number of carbonyl (C=O) groups is 2. The number of fused-ring (bicyclic) bond motifs is 1. The molecule has 0 atom stereocenters. The molecule has 0 aliphatic heterocycles. The first-order valence-electron chi connectivity index (χ1n) is 8.73. The van der Waals surface area contributed by atoms with Crippen LogP contribution in [0.2, 0.25) is 0 Å². The molecule has 27 heavy (non-hydrogen) atoms. The minimum Gasteiger partial charge on any atom is -0.448 e. The fourth-order valence-corrected chi connectivity index (χ4v) is 3.01. The van der Waals surface area contributed by atoms with Gasteiger partial charge in [-0.15, -0.1) is 0 Å². The number of anilines is 1. The van der Waals surface area contributed by atoms with Gasteiger partial charge < -0.3 is 14.6 Å². The number of hydrogen-bond donors (Lipinski definition) is 1. The minimum atomic E-state index is -0.522. The van der Waals surface area contributed by atoms with E-state index in [4.69, 9.17) is 4.42 Å². The molecule has 3 rings (SSSR count). The normalized spacial score (nSPS) is 10.8. The molecular formula is C21H21FN2O3. The number of amides is 2. The largest absolute Gasteiger partial charge is 0.448 e. The molecule has 0 saturated heterocycles. The van der Waals surface area contributed by atoms with E-state index in [1.54, 1.807) is 19.1 Å². The third-order valence-electron chi connectivity index (χ3n) is 4.51. The molecule has 2 amide bonds. The predicted octanol–water partition coefficient (Wildman–Crippen LogP) is 4.15. The fraction of sp³-hybridized carbons (Fsp3) is 0.238. The van der Waals surface area contributed by atoms with Crippen LogP contribution in [-0.2, 0) is 11.2 Å². The van der Waals surface area contributed by atoms with Crippen molar-refractivity contribution >= 4 is 28.5 Å². The van der Waals surface area contributed by atoms with Gasteiger partial charge in [0.2, 0.25) is 5.91 Å². The van der Waals surface area contributed by atoms with Crippen LogP contribution >= 0.6 is 0 Å². The maximum absolute atomic E-state index is 13.9. The van der Waals surface area contributed by atoms with Crippen molar-refractivity contribution in [1.29, 1.82) is 0 Å². The number of rotatable bonds is 5. The van der Waals surface area contributed by atoms with Crippen molar-refractivity contribution < 1.29 is 18.4 Å². The Kier molecular flexibility index (Phi) is 5.26. The molecule has 1 N–H and O–H groups in total. The van der Waals surface area contributed by atoms with Gasteiger partial charge in [0.25, 0.3) is 5.91 Å². The van der Waals surface area contributed by atoms with Gasteiger partial charge in [-0.25, -0.2) is 4.39 Å². The third-order valence-corrected chi connectivity index (χ3v) is 4.51. The second-order valence-electron chi connectivity index (χ2n) is 6.39. The molecule has 2 aromatic carbocycles. The van der Waals surface area contributed by atoms with E-state index in [1.165, 1.54) is 18.0 Å². The molecule has 0 spiro atoms. The van der Waals surface area contributed by atoms with E-state index in [-0.39, 0.29) is 23.8 Å². The molecule has 0 unspecified atom stereocenters. The van der Waals surface area contributed by atoms with Crippen LogP contribution in [0.1, 0.15) is 28.6 Å². The summed E-state index contributed by atoms with van der Waals surface area (Å²) in [5.41, 5.74) is 2.35. The molecule has 0 radical (unpaired) electrons. The minimum absolute atomic E-state index is 0.0411.